The highest BCUT2D eigenvalue weighted by atomic mass is 35.5. The van der Waals surface area contributed by atoms with Crippen LogP contribution in [-0.2, 0) is 9.59 Å². The summed E-state index contributed by atoms with van der Waals surface area (Å²) in [6.07, 6.45) is 0. The monoisotopic (exact) mass is 372 g/mol. The van der Waals surface area contributed by atoms with Gasteiger partial charge >= 0.3 is 0 Å². The minimum Gasteiger partial charge on any atom is -0.497 e. The van der Waals surface area contributed by atoms with Crippen LogP contribution in [0.5, 0.6) is 5.75 Å². The number of aromatic nitrogens is 2. The Balaban J connectivity index is 1.80. The summed E-state index contributed by atoms with van der Waals surface area (Å²) in [5, 5.41) is 13.3. The van der Waals surface area contributed by atoms with Gasteiger partial charge in [0.05, 0.1) is 12.9 Å². The molecule has 7 nitrogen and oxygen atoms in total. The van der Waals surface area contributed by atoms with Crippen molar-refractivity contribution >= 4 is 57.3 Å². The van der Waals surface area contributed by atoms with Crippen molar-refractivity contribution < 1.29 is 14.3 Å². The number of hydrogen-bond donors (Lipinski definition) is 2. The number of alkyl halides is 1. The van der Waals surface area contributed by atoms with E-state index in [-0.39, 0.29) is 23.4 Å². The number of anilines is 2. The summed E-state index contributed by atoms with van der Waals surface area (Å²) in [6.45, 7) is 0. The second-order valence-electron chi connectivity index (χ2n) is 4.12. The Morgan fingerprint density at radius 3 is 2.61 bits per heavy atom. The summed E-state index contributed by atoms with van der Waals surface area (Å²) in [4.78, 5) is 23.0. The molecule has 0 atom stereocenters. The summed E-state index contributed by atoms with van der Waals surface area (Å²) in [5.74, 6) is 0.243. The Morgan fingerprint density at radius 1 is 1.22 bits per heavy atom. The molecule has 0 aliphatic heterocycles. The van der Waals surface area contributed by atoms with Crippen molar-refractivity contribution in [1.82, 2.24) is 10.2 Å². The standard InChI is InChI=1S/C13H13ClN4O3S2/c1-21-9-4-2-8(3-5-9)15-11(20)7-22-13-18-17-12(23-13)16-10(19)6-14/h2-5H,6-7H2,1H3,(H,15,20)(H,16,17,19). The number of nitrogens with one attached hydrogen (secondary N) is 2. The third kappa shape index (κ3) is 5.70. The van der Waals surface area contributed by atoms with E-state index in [4.69, 9.17) is 16.3 Å². The molecule has 0 spiro atoms. The molecule has 0 saturated carbocycles. The van der Waals surface area contributed by atoms with Crippen molar-refractivity contribution in [1.29, 1.82) is 0 Å². The molecule has 2 N–H and O–H groups in total. The Bertz CT molecular complexity index is 678. The molecule has 0 fully saturated rings. The number of carbonyl (C=O) groups is 2. The molecule has 0 bridgehead atoms. The van der Waals surface area contributed by atoms with E-state index in [0.717, 1.165) is 5.75 Å². The summed E-state index contributed by atoms with van der Waals surface area (Å²) < 4.78 is 5.63. The average molecular weight is 373 g/mol. The maximum absolute atomic E-state index is 11.9. The lowest BCUT2D eigenvalue weighted by Gasteiger charge is -2.05. The summed E-state index contributed by atoms with van der Waals surface area (Å²) in [7, 11) is 1.58. The van der Waals surface area contributed by atoms with Gasteiger partial charge in [-0.1, -0.05) is 23.1 Å². The molecule has 23 heavy (non-hydrogen) atoms. The van der Waals surface area contributed by atoms with Crippen LogP contribution in [0.15, 0.2) is 28.6 Å². The second kappa shape index (κ2) is 8.70. The van der Waals surface area contributed by atoms with Crippen molar-refractivity contribution in [3.8, 4) is 5.75 Å². The summed E-state index contributed by atoms with van der Waals surface area (Å²) in [5.41, 5.74) is 0.684. The minimum atomic E-state index is -0.350. The normalized spacial score (nSPS) is 10.2. The van der Waals surface area contributed by atoms with Crippen LogP contribution < -0.4 is 15.4 Å². The lowest BCUT2D eigenvalue weighted by atomic mass is 10.3. The minimum absolute atomic E-state index is 0.147. The summed E-state index contributed by atoms with van der Waals surface area (Å²) >= 11 is 7.80. The molecule has 2 rings (SSSR count). The van der Waals surface area contributed by atoms with Gasteiger partial charge < -0.3 is 10.1 Å². The number of halogens is 1. The van der Waals surface area contributed by atoms with Gasteiger partial charge in [0.1, 0.15) is 11.6 Å². The van der Waals surface area contributed by atoms with E-state index in [1.54, 1.807) is 31.4 Å². The zero-order chi connectivity index (χ0) is 16.7. The molecule has 2 amide bonds. The Labute approximate surface area is 145 Å². The predicted octanol–water partition coefficient (Wildman–Crippen LogP) is 2.45. The van der Waals surface area contributed by atoms with Crippen molar-refractivity contribution in [3.63, 3.8) is 0 Å². The highest BCUT2D eigenvalue weighted by Gasteiger charge is 2.10. The van der Waals surface area contributed by atoms with Crippen LogP contribution in [0.1, 0.15) is 0 Å². The number of benzene rings is 1. The van der Waals surface area contributed by atoms with Crippen molar-refractivity contribution in [3.05, 3.63) is 24.3 Å². The van der Waals surface area contributed by atoms with E-state index >= 15 is 0 Å². The molecule has 2 aromatic rings. The number of nitrogens with zero attached hydrogens (tertiary/aromatic N) is 2. The fraction of sp³-hybridized carbons (Fsp3) is 0.231. The van der Waals surface area contributed by atoms with E-state index in [2.05, 4.69) is 20.8 Å². The lowest BCUT2D eigenvalue weighted by Crippen LogP contribution is -2.13. The van der Waals surface area contributed by atoms with Crippen molar-refractivity contribution in [2.75, 3.05) is 29.4 Å². The molecule has 0 aliphatic rings. The fourth-order valence-corrected chi connectivity index (χ4v) is 3.10. The Kier molecular flexibility index (Phi) is 6.63. The Morgan fingerprint density at radius 2 is 1.96 bits per heavy atom. The van der Waals surface area contributed by atoms with Gasteiger partial charge in [-0.25, -0.2) is 0 Å². The van der Waals surface area contributed by atoms with Crippen LogP contribution in [0.25, 0.3) is 0 Å². The first-order valence-corrected chi connectivity index (χ1v) is 8.70. The first-order chi connectivity index (χ1) is 11.1. The molecule has 10 heteroatoms. The average Bonchev–Trinajstić information content (AvgIpc) is 3.01. The van der Waals surface area contributed by atoms with Crippen LogP contribution in [0, 0.1) is 0 Å². The number of methoxy groups -OCH3 is 1. The van der Waals surface area contributed by atoms with Gasteiger partial charge in [-0.2, -0.15) is 0 Å². The maximum atomic E-state index is 11.9. The van der Waals surface area contributed by atoms with Crippen LogP contribution >= 0.6 is 34.7 Å². The molecule has 1 aromatic carbocycles. The largest absolute Gasteiger partial charge is 0.497 e. The maximum Gasteiger partial charge on any atom is 0.241 e. The van der Waals surface area contributed by atoms with Gasteiger partial charge in [0.2, 0.25) is 16.9 Å². The highest BCUT2D eigenvalue weighted by Crippen LogP contribution is 2.25. The van der Waals surface area contributed by atoms with Crippen LogP contribution in [0.4, 0.5) is 10.8 Å². The van der Waals surface area contributed by atoms with Gasteiger partial charge in [-0.3, -0.25) is 14.9 Å². The summed E-state index contributed by atoms with van der Waals surface area (Å²) in [6, 6.07) is 7.04. The van der Waals surface area contributed by atoms with Gasteiger partial charge in [0, 0.05) is 5.69 Å². The van der Waals surface area contributed by atoms with Crippen molar-refractivity contribution in [2.24, 2.45) is 0 Å². The highest BCUT2D eigenvalue weighted by molar-refractivity contribution is 8.01. The van der Waals surface area contributed by atoms with Crippen LogP contribution in [0.3, 0.4) is 0 Å². The molecule has 0 saturated heterocycles. The van der Waals surface area contributed by atoms with Gasteiger partial charge in [-0.15, -0.1) is 21.8 Å². The zero-order valence-electron chi connectivity index (χ0n) is 12.0. The zero-order valence-corrected chi connectivity index (χ0v) is 14.4. The van der Waals surface area contributed by atoms with Crippen LogP contribution in [-0.4, -0.2) is 40.8 Å². The first-order valence-electron chi connectivity index (χ1n) is 6.36. The van der Waals surface area contributed by atoms with Gasteiger partial charge in [-0.05, 0) is 24.3 Å². The number of amides is 2. The topological polar surface area (TPSA) is 93.2 Å². The number of thioether (sulfide) groups is 1. The van der Waals surface area contributed by atoms with Gasteiger partial charge in [0.25, 0.3) is 0 Å². The van der Waals surface area contributed by atoms with E-state index in [9.17, 15) is 9.59 Å². The smallest absolute Gasteiger partial charge is 0.241 e. The number of rotatable bonds is 7. The molecular weight excluding hydrogens is 360 g/mol. The van der Waals surface area contributed by atoms with E-state index in [1.165, 1.54) is 23.1 Å². The van der Waals surface area contributed by atoms with Crippen molar-refractivity contribution in [2.45, 2.75) is 4.34 Å². The molecule has 0 radical (unpaired) electrons. The third-order valence-electron chi connectivity index (χ3n) is 2.47. The van der Waals surface area contributed by atoms with E-state index in [0.29, 0.717) is 15.2 Å². The first kappa shape index (κ1) is 17.5. The fourth-order valence-electron chi connectivity index (χ4n) is 1.47. The third-order valence-corrected chi connectivity index (χ3v) is 4.69. The number of carbonyl (C=O) groups excluding carboxylic acids is 2. The molecular formula is C13H13ClN4O3S2. The Hall–Kier alpha value is -1.84. The molecule has 0 aliphatic carbocycles. The molecule has 0 unspecified atom stereocenters. The lowest BCUT2D eigenvalue weighted by molar-refractivity contribution is -0.114. The van der Waals surface area contributed by atoms with Crippen LogP contribution in [0.2, 0.25) is 0 Å². The van der Waals surface area contributed by atoms with E-state index in [1.807, 2.05) is 0 Å². The molecule has 122 valence electrons. The number of hydrogen-bond acceptors (Lipinski definition) is 7. The molecule has 1 heterocycles. The SMILES string of the molecule is COc1ccc(NC(=O)CSc2nnc(NC(=O)CCl)s2)cc1. The van der Waals surface area contributed by atoms with E-state index < -0.39 is 0 Å². The predicted molar refractivity (Wildman–Crippen MR) is 91.6 cm³/mol. The second-order valence-corrected chi connectivity index (χ2v) is 6.59. The quantitative estimate of drug-likeness (QED) is 0.440. The van der Waals surface area contributed by atoms with Gasteiger partial charge in [0.15, 0.2) is 4.34 Å². The number of ether oxygens (including phenoxy) is 1. The molecule has 1 aromatic heterocycles.